The van der Waals surface area contributed by atoms with E-state index < -0.39 is 39.6 Å². The van der Waals surface area contributed by atoms with Crippen molar-refractivity contribution in [2.24, 2.45) is 10.8 Å². The van der Waals surface area contributed by atoms with E-state index in [2.05, 4.69) is 90.1 Å². The van der Waals surface area contributed by atoms with Crippen molar-refractivity contribution in [2.45, 2.75) is 68.2 Å². The molecule has 0 saturated carbocycles. The van der Waals surface area contributed by atoms with Gasteiger partial charge < -0.3 is 64.3 Å². The molecular weight excluding hydrogens is 961 g/mol. The van der Waals surface area contributed by atoms with Gasteiger partial charge in [-0.25, -0.2) is 0 Å². The lowest BCUT2D eigenvalue weighted by Crippen LogP contribution is -2.17. The third-order valence-corrected chi connectivity index (χ3v) is 12.4. The molecule has 0 bridgehead atoms. The number of allylic oxidation sites excluding steroid dienone is 4. The summed E-state index contributed by atoms with van der Waals surface area (Å²) >= 11 is 0. The van der Waals surface area contributed by atoms with E-state index in [1.165, 1.54) is 69.8 Å². The predicted octanol–water partition coefficient (Wildman–Crippen LogP) is 12.4. The molecule has 10 rings (SSSR count). The van der Waals surface area contributed by atoms with Crippen LogP contribution in [0.25, 0.3) is 55.7 Å². The predicted molar refractivity (Wildman–Crippen MR) is 288 cm³/mol. The van der Waals surface area contributed by atoms with Crippen molar-refractivity contribution in [1.82, 2.24) is 0 Å². The zero-order valence-corrected chi connectivity index (χ0v) is 42.8. The zero-order valence-electron chi connectivity index (χ0n) is 42.8. The molecule has 0 atom stereocenters. The van der Waals surface area contributed by atoms with Gasteiger partial charge >= 0.3 is 0 Å². The van der Waals surface area contributed by atoms with Crippen LogP contribution in [0.2, 0.25) is 0 Å². The van der Waals surface area contributed by atoms with Gasteiger partial charge in [0.25, 0.3) is 0 Å². The van der Waals surface area contributed by atoms with E-state index in [0.717, 1.165) is 67.9 Å². The Morgan fingerprint density at radius 1 is 0.467 bits per heavy atom. The number of fused-ring (bicyclic) bond motifs is 4. The number of benzene rings is 6. The first kappa shape index (κ1) is 53.8. The molecule has 9 N–H and O–H groups in total. The molecule has 0 fully saturated rings. The van der Waals surface area contributed by atoms with Gasteiger partial charge in [-0.1, -0.05) is 52.0 Å². The number of hydrogen-bond donors (Lipinski definition) is 9. The van der Waals surface area contributed by atoms with Gasteiger partial charge in [-0.2, -0.15) is 0 Å². The Balaban J connectivity index is 0.000000147. The fourth-order valence-corrected chi connectivity index (χ4v) is 9.30. The first-order chi connectivity index (χ1) is 35.4. The molecule has 75 heavy (non-hydrogen) atoms. The summed E-state index contributed by atoms with van der Waals surface area (Å²) in [5, 5.41) is 85.8. The van der Waals surface area contributed by atoms with Crippen molar-refractivity contribution >= 4 is 33.1 Å². The van der Waals surface area contributed by atoms with Crippen molar-refractivity contribution in [3.05, 3.63) is 158 Å². The van der Waals surface area contributed by atoms with E-state index in [1.807, 2.05) is 13.8 Å². The van der Waals surface area contributed by atoms with E-state index in [1.54, 1.807) is 0 Å². The number of hydrogen-bond acceptors (Lipinski definition) is 15. The monoisotopic (exact) mass is 1020 g/mol. The maximum absolute atomic E-state index is 12.1. The van der Waals surface area contributed by atoms with Crippen LogP contribution in [-0.2, 0) is 12.8 Å². The Bertz CT molecular complexity index is 3550. The van der Waals surface area contributed by atoms with Crippen molar-refractivity contribution in [2.75, 3.05) is 13.2 Å². The zero-order chi connectivity index (χ0) is 54.7. The summed E-state index contributed by atoms with van der Waals surface area (Å²) in [6.07, 6.45) is 6.97. The number of ether oxygens (including phenoxy) is 2. The molecule has 6 aromatic carbocycles. The van der Waals surface area contributed by atoms with Crippen LogP contribution in [0, 0.1) is 10.8 Å². The molecule has 2 aliphatic carbocycles. The summed E-state index contributed by atoms with van der Waals surface area (Å²) in [5.74, 6) is -2.25. The van der Waals surface area contributed by atoms with Gasteiger partial charge in [-0.05, 0) is 151 Å². The van der Waals surface area contributed by atoms with Crippen LogP contribution in [0.15, 0.2) is 134 Å². The average Bonchev–Trinajstić information content (AvgIpc) is 3.33. The third-order valence-electron chi connectivity index (χ3n) is 12.4. The summed E-state index contributed by atoms with van der Waals surface area (Å²) in [4.78, 5) is 24.3. The molecule has 0 radical (unpaired) electrons. The van der Waals surface area contributed by atoms with Crippen LogP contribution < -0.4 is 20.3 Å². The molecular formula is C60H60O15. The molecule has 0 amide bonds. The minimum atomic E-state index is -0.888. The van der Waals surface area contributed by atoms with E-state index in [4.69, 9.17) is 18.3 Å². The number of phenolic OH excluding ortho intramolecular Hbond substituents is 7. The molecule has 8 aromatic rings. The fraction of sp³-hybridized carbons (Fsp3) is 0.233. The summed E-state index contributed by atoms with van der Waals surface area (Å²) in [5.41, 5.74) is 7.49. The smallest absolute Gasteiger partial charge is 0.238 e. The average molecular weight is 1020 g/mol. The summed E-state index contributed by atoms with van der Waals surface area (Å²) < 4.78 is 21.9. The van der Waals surface area contributed by atoms with Gasteiger partial charge in [0.2, 0.25) is 22.4 Å². The Morgan fingerprint density at radius 3 is 1.29 bits per heavy atom. The topological polar surface area (TPSA) is 261 Å². The molecule has 15 nitrogen and oxygen atoms in total. The van der Waals surface area contributed by atoms with E-state index in [0.29, 0.717) is 5.56 Å². The maximum atomic E-state index is 12.1. The van der Waals surface area contributed by atoms with Gasteiger partial charge in [0.1, 0.15) is 62.2 Å². The van der Waals surface area contributed by atoms with Crippen LogP contribution in [0.5, 0.6) is 63.2 Å². The molecule has 2 aliphatic rings. The highest BCUT2D eigenvalue weighted by Gasteiger charge is 2.26. The lowest BCUT2D eigenvalue weighted by atomic mass is 9.76. The van der Waals surface area contributed by atoms with Crippen molar-refractivity contribution in [3.8, 4) is 85.9 Å². The number of aromatic hydroxyl groups is 9. The van der Waals surface area contributed by atoms with E-state index >= 15 is 0 Å². The summed E-state index contributed by atoms with van der Waals surface area (Å²) in [6.45, 7) is 19.0. The van der Waals surface area contributed by atoms with Gasteiger partial charge in [0.05, 0.1) is 13.2 Å². The minimum Gasteiger partial charge on any atom is -0.508 e. The Morgan fingerprint density at radius 2 is 0.880 bits per heavy atom. The quantitative estimate of drug-likeness (QED) is 0.0702. The maximum Gasteiger partial charge on any atom is 0.238 e. The van der Waals surface area contributed by atoms with Gasteiger partial charge in [-0.3, -0.25) is 9.59 Å². The molecule has 15 heteroatoms. The molecule has 0 saturated heterocycles. The lowest BCUT2D eigenvalue weighted by Gasteiger charge is -2.29. The minimum absolute atomic E-state index is 0.0247. The first-order valence-electron chi connectivity index (χ1n) is 24.1. The van der Waals surface area contributed by atoms with Gasteiger partial charge in [0.15, 0.2) is 23.0 Å². The van der Waals surface area contributed by atoms with Crippen LogP contribution in [-0.4, -0.2) is 59.2 Å². The highest BCUT2D eigenvalue weighted by molar-refractivity contribution is 5.89. The van der Waals surface area contributed by atoms with Crippen LogP contribution in [0.4, 0.5) is 0 Å². The molecule has 390 valence electrons. The highest BCUT2D eigenvalue weighted by atomic mass is 16.5. The second kappa shape index (κ2) is 21.6. The van der Waals surface area contributed by atoms with Crippen molar-refractivity contribution in [1.29, 1.82) is 0 Å². The van der Waals surface area contributed by atoms with Crippen LogP contribution in [0.3, 0.4) is 0 Å². The SMILES string of the molecule is CCOc1ccc2c(c1)C(C)=CC(C)(C)C2.CCOc1ccc2c(c1)C(C)=CC(C)(C)C2.O=c1c(O)c(-c2ccc(O)c(O)c2)oc2cc(O)cc(O)c12.O=c1c(O)c(-c2ccc(O)cc2)oc2cc(O)cc(O)c12. The van der Waals surface area contributed by atoms with Gasteiger partial charge in [-0.15, -0.1) is 0 Å². The molecule has 0 aliphatic heterocycles. The molecule has 2 aromatic heterocycles. The van der Waals surface area contributed by atoms with E-state index in [9.17, 15) is 55.5 Å². The molecule has 0 unspecified atom stereocenters. The van der Waals surface area contributed by atoms with E-state index in [-0.39, 0.29) is 72.9 Å². The first-order valence-corrected chi connectivity index (χ1v) is 24.1. The second-order valence-electron chi connectivity index (χ2n) is 19.6. The van der Waals surface area contributed by atoms with Crippen molar-refractivity contribution < 1.29 is 64.3 Å². The standard InChI is InChI=1S/C15H10O7.C15H10O6.2C15H20O/c16-7-4-10(19)12-11(5-7)22-15(14(21)13(12)20)6-1-2-8(17)9(18)3-6;16-8-3-1-7(2-4-8)15-14(20)13(19)12-10(18)5-9(17)6-11(12)21-15;2*1-5-16-13-7-6-12-10-15(3,4)9-11(2)14(12)8-13/h1-5,16-19,21H;1-6,16-18,20H;2*6-9H,5,10H2,1-4H3. The Labute approximate surface area is 432 Å². The van der Waals surface area contributed by atoms with Crippen LogP contribution >= 0.6 is 0 Å². The number of rotatable bonds is 6. The summed E-state index contributed by atoms with van der Waals surface area (Å²) in [7, 11) is 0. The summed E-state index contributed by atoms with van der Waals surface area (Å²) in [6, 6.07) is 26.4. The van der Waals surface area contributed by atoms with Crippen LogP contribution in [0.1, 0.15) is 77.6 Å². The third kappa shape index (κ3) is 12.1. The van der Waals surface area contributed by atoms with Crippen molar-refractivity contribution in [3.63, 3.8) is 0 Å². The number of phenols is 7. The second-order valence-corrected chi connectivity index (χ2v) is 19.6. The molecule has 2 heterocycles. The Kier molecular flexibility index (Phi) is 15.5. The fourth-order valence-electron chi connectivity index (χ4n) is 9.30. The Hall–Kier alpha value is -8.98. The molecule has 0 spiro atoms. The normalized spacial score (nSPS) is 13.8. The highest BCUT2D eigenvalue weighted by Crippen LogP contribution is 2.41. The van der Waals surface area contributed by atoms with Gasteiger partial charge in [0, 0.05) is 35.4 Å². The lowest BCUT2D eigenvalue weighted by molar-refractivity contribution is 0.339. The largest absolute Gasteiger partial charge is 0.508 e.